The number of hydrogen-bond acceptors (Lipinski definition) is 4. The van der Waals surface area contributed by atoms with Gasteiger partial charge in [-0.2, -0.15) is 0 Å². The van der Waals surface area contributed by atoms with Crippen LogP contribution >= 0.6 is 11.3 Å². The van der Waals surface area contributed by atoms with Crippen LogP contribution in [0.2, 0.25) is 0 Å². The van der Waals surface area contributed by atoms with Crippen LogP contribution in [-0.2, 0) is 11.3 Å². The number of carboxylic acids is 1. The maximum Gasteiger partial charge on any atom is 0.356 e. The third kappa shape index (κ3) is 2.42. The van der Waals surface area contributed by atoms with Crippen molar-refractivity contribution in [2.75, 3.05) is 7.11 Å². The normalized spacial score (nSPS) is 10.6. The average Bonchev–Trinajstić information content (AvgIpc) is 2.72. The summed E-state index contributed by atoms with van der Waals surface area (Å²) in [4.78, 5) is 15.9. The number of carbonyl (C=O) groups is 1. The van der Waals surface area contributed by atoms with Crippen LogP contribution in [-0.4, -0.2) is 23.2 Å². The van der Waals surface area contributed by atoms with E-state index in [1.807, 2.05) is 24.3 Å². The molecule has 0 spiro atoms. The number of aromatic nitrogens is 1. The van der Waals surface area contributed by atoms with Crippen LogP contribution < -0.4 is 0 Å². The summed E-state index contributed by atoms with van der Waals surface area (Å²) in [6.45, 7) is 2.26. The summed E-state index contributed by atoms with van der Waals surface area (Å²) in [5, 5.41) is 9.92. The predicted molar refractivity (Wildman–Crippen MR) is 70.0 cm³/mol. The Balaban J connectivity index is 2.58. The highest BCUT2D eigenvalue weighted by Gasteiger charge is 2.19. The molecule has 2 rings (SSSR count). The molecule has 18 heavy (non-hydrogen) atoms. The summed E-state index contributed by atoms with van der Waals surface area (Å²) in [6.07, 6.45) is 0. The van der Waals surface area contributed by atoms with Crippen LogP contribution in [0.3, 0.4) is 0 Å². The van der Waals surface area contributed by atoms with Crippen molar-refractivity contribution in [2.24, 2.45) is 0 Å². The molecule has 5 heteroatoms. The van der Waals surface area contributed by atoms with Gasteiger partial charge in [-0.15, -0.1) is 11.3 Å². The topological polar surface area (TPSA) is 59.4 Å². The van der Waals surface area contributed by atoms with Crippen LogP contribution in [0.15, 0.2) is 24.3 Å². The Bertz CT molecular complexity index is 577. The lowest BCUT2D eigenvalue weighted by atomic mass is 10.1. The van der Waals surface area contributed by atoms with Gasteiger partial charge in [0.1, 0.15) is 0 Å². The molecular formula is C13H13NO3S. The molecule has 0 unspecified atom stereocenters. The number of hydrogen-bond donors (Lipinski definition) is 1. The van der Waals surface area contributed by atoms with Crippen molar-refractivity contribution < 1.29 is 14.6 Å². The van der Waals surface area contributed by atoms with Gasteiger partial charge in [0, 0.05) is 7.11 Å². The molecule has 2 aromatic rings. The number of thiazole rings is 1. The van der Waals surface area contributed by atoms with Gasteiger partial charge in [0.2, 0.25) is 0 Å². The minimum atomic E-state index is -0.999. The Morgan fingerprint density at radius 1 is 1.44 bits per heavy atom. The van der Waals surface area contributed by atoms with E-state index in [2.05, 4.69) is 4.98 Å². The Kier molecular flexibility index (Phi) is 3.74. The zero-order valence-corrected chi connectivity index (χ0v) is 11.0. The lowest BCUT2D eigenvalue weighted by Gasteiger charge is -2.07. The summed E-state index contributed by atoms with van der Waals surface area (Å²) in [5.41, 5.74) is 1.95. The second-order valence-electron chi connectivity index (χ2n) is 3.81. The smallest absolute Gasteiger partial charge is 0.356 e. The van der Waals surface area contributed by atoms with Crippen molar-refractivity contribution in [2.45, 2.75) is 13.5 Å². The molecule has 0 radical (unpaired) electrons. The van der Waals surface area contributed by atoms with Gasteiger partial charge in [-0.25, -0.2) is 9.78 Å². The van der Waals surface area contributed by atoms with Gasteiger partial charge in [0.25, 0.3) is 0 Å². The van der Waals surface area contributed by atoms with Crippen molar-refractivity contribution in [1.82, 2.24) is 4.98 Å². The fourth-order valence-corrected chi connectivity index (χ4v) is 2.75. The molecule has 0 saturated heterocycles. The molecule has 4 nitrogen and oxygen atoms in total. The van der Waals surface area contributed by atoms with E-state index < -0.39 is 5.97 Å². The SMILES string of the molecule is COCc1ccccc1-c1sc(C)nc1C(=O)O. The zero-order chi connectivity index (χ0) is 13.1. The third-order valence-electron chi connectivity index (χ3n) is 2.50. The van der Waals surface area contributed by atoms with Crippen molar-refractivity contribution in [3.8, 4) is 10.4 Å². The molecular weight excluding hydrogens is 250 g/mol. The number of aromatic carboxylic acids is 1. The standard InChI is InChI=1S/C13H13NO3S/c1-8-14-11(13(15)16)12(18-8)10-6-4-3-5-9(10)7-17-2/h3-6H,7H2,1-2H3,(H,15,16). The van der Waals surface area contributed by atoms with E-state index in [1.165, 1.54) is 11.3 Å². The van der Waals surface area contributed by atoms with Crippen LogP contribution in [0.25, 0.3) is 10.4 Å². The van der Waals surface area contributed by atoms with E-state index in [4.69, 9.17) is 4.74 Å². The molecule has 1 heterocycles. The zero-order valence-electron chi connectivity index (χ0n) is 10.1. The number of benzene rings is 1. The monoisotopic (exact) mass is 263 g/mol. The molecule has 1 aromatic heterocycles. The number of carboxylic acid groups (broad SMARTS) is 1. The van der Waals surface area contributed by atoms with E-state index in [9.17, 15) is 9.90 Å². The lowest BCUT2D eigenvalue weighted by Crippen LogP contribution is -2.00. The predicted octanol–water partition coefficient (Wildman–Crippen LogP) is 2.96. The van der Waals surface area contributed by atoms with Gasteiger partial charge in [-0.1, -0.05) is 24.3 Å². The van der Waals surface area contributed by atoms with Crippen molar-refractivity contribution in [3.63, 3.8) is 0 Å². The van der Waals surface area contributed by atoms with Gasteiger partial charge in [-0.3, -0.25) is 0 Å². The Labute approximate surface area is 109 Å². The lowest BCUT2D eigenvalue weighted by molar-refractivity contribution is 0.0692. The van der Waals surface area contributed by atoms with Crippen LogP contribution in [0.4, 0.5) is 0 Å². The summed E-state index contributed by atoms with van der Waals surface area (Å²) < 4.78 is 5.13. The van der Waals surface area contributed by atoms with Gasteiger partial charge >= 0.3 is 5.97 Å². The van der Waals surface area contributed by atoms with E-state index in [0.717, 1.165) is 16.1 Å². The maximum absolute atomic E-state index is 11.2. The Hall–Kier alpha value is -1.72. The minimum Gasteiger partial charge on any atom is -0.476 e. The van der Waals surface area contributed by atoms with E-state index >= 15 is 0 Å². The second kappa shape index (κ2) is 5.29. The summed E-state index contributed by atoms with van der Waals surface area (Å²) in [7, 11) is 1.62. The molecule has 1 aromatic carbocycles. The van der Waals surface area contributed by atoms with Crippen LogP contribution in [0.1, 0.15) is 21.1 Å². The number of rotatable bonds is 4. The first-order chi connectivity index (χ1) is 8.63. The van der Waals surface area contributed by atoms with Gasteiger partial charge < -0.3 is 9.84 Å². The number of aryl methyl sites for hydroxylation is 1. The van der Waals surface area contributed by atoms with Gasteiger partial charge in [0.05, 0.1) is 16.5 Å². The molecule has 0 saturated carbocycles. The second-order valence-corrected chi connectivity index (χ2v) is 5.01. The minimum absolute atomic E-state index is 0.112. The largest absolute Gasteiger partial charge is 0.476 e. The number of nitrogens with zero attached hydrogens (tertiary/aromatic N) is 1. The average molecular weight is 263 g/mol. The van der Waals surface area contributed by atoms with Crippen LogP contribution in [0, 0.1) is 6.92 Å². The summed E-state index contributed by atoms with van der Waals surface area (Å²) >= 11 is 1.39. The number of ether oxygens (including phenoxy) is 1. The summed E-state index contributed by atoms with van der Waals surface area (Å²) in [5.74, 6) is -0.999. The molecule has 0 atom stereocenters. The molecule has 1 N–H and O–H groups in total. The van der Waals surface area contributed by atoms with Crippen molar-refractivity contribution in [3.05, 3.63) is 40.5 Å². The highest BCUT2D eigenvalue weighted by molar-refractivity contribution is 7.15. The fraction of sp³-hybridized carbons (Fsp3) is 0.231. The first kappa shape index (κ1) is 12.7. The van der Waals surface area contributed by atoms with Gasteiger partial charge in [-0.05, 0) is 18.1 Å². The molecule has 0 fully saturated rings. The molecule has 0 aliphatic rings. The van der Waals surface area contributed by atoms with E-state index in [-0.39, 0.29) is 5.69 Å². The fourth-order valence-electron chi connectivity index (χ4n) is 1.78. The quantitative estimate of drug-likeness (QED) is 0.921. The highest BCUT2D eigenvalue weighted by Crippen LogP contribution is 2.32. The van der Waals surface area contributed by atoms with Crippen molar-refractivity contribution >= 4 is 17.3 Å². The molecule has 94 valence electrons. The summed E-state index contributed by atoms with van der Waals surface area (Å²) in [6, 6.07) is 7.62. The Morgan fingerprint density at radius 3 is 2.83 bits per heavy atom. The highest BCUT2D eigenvalue weighted by atomic mass is 32.1. The van der Waals surface area contributed by atoms with Gasteiger partial charge in [0.15, 0.2) is 5.69 Å². The number of methoxy groups -OCH3 is 1. The Morgan fingerprint density at radius 2 is 2.17 bits per heavy atom. The van der Waals surface area contributed by atoms with E-state index in [0.29, 0.717) is 11.5 Å². The molecule has 0 aliphatic heterocycles. The van der Waals surface area contributed by atoms with Crippen LogP contribution in [0.5, 0.6) is 0 Å². The molecule has 0 amide bonds. The third-order valence-corrected chi connectivity index (χ3v) is 3.50. The first-order valence-corrected chi connectivity index (χ1v) is 6.23. The maximum atomic E-state index is 11.2. The first-order valence-electron chi connectivity index (χ1n) is 5.41. The van der Waals surface area contributed by atoms with E-state index in [1.54, 1.807) is 14.0 Å². The molecule has 0 bridgehead atoms. The molecule has 0 aliphatic carbocycles. The van der Waals surface area contributed by atoms with Crippen molar-refractivity contribution in [1.29, 1.82) is 0 Å².